The molecule has 0 unspecified atom stereocenters. The van der Waals surface area contributed by atoms with Crippen LogP contribution in [0.3, 0.4) is 0 Å². The third-order valence-corrected chi connectivity index (χ3v) is 5.65. The molecule has 0 bridgehead atoms. The van der Waals surface area contributed by atoms with E-state index < -0.39 is 0 Å². The first-order valence-corrected chi connectivity index (χ1v) is 9.40. The van der Waals surface area contributed by atoms with Crippen LogP contribution in [0.4, 0.5) is 0 Å². The lowest BCUT2D eigenvalue weighted by Gasteiger charge is -2.12. The van der Waals surface area contributed by atoms with Gasteiger partial charge in [0.05, 0.1) is 0 Å². The zero-order valence-corrected chi connectivity index (χ0v) is 14.7. The van der Waals surface area contributed by atoms with Gasteiger partial charge in [0.15, 0.2) is 0 Å². The van der Waals surface area contributed by atoms with Crippen molar-refractivity contribution >= 4 is 29.0 Å². The molecule has 0 fully saturated rings. The molecule has 0 nitrogen and oxygen atoms in total. The molecule has 5 rings (SSSR count). The highest BCUT2D eigenvalue weighted by Gasteiger charge is 2.19. The Morgan fingerprint density at radius 3 is 2.56 bits per heavy atom. The molecule has 0 heterocycles. The minimum absolute atomic E-state index is 1.13. The maximum absolute atomic E-state index is 2.46. The summed E-state index contributed by atoms with van der Waals surface area (Å²) in [5.41, 5.74) is 9.98. The molecule has 0 amide bonds. The van der Waals surface area contributed by atoms with Crippen molar-refractivity contribution in [3.63, 3.8) is 0 Å². The van der Waals surface area contributed by atoms with Crippen molar-refractivity contribution in [1.29, 1.82) is 0 Å². The van der Waals surface area contributed by atoms with E-state index in [1.165, 1.54) is 63.4 Å². The smallest absolute Gasteiger partial charge is 0.00326 e. The Labute approximate surface area is 149 Å². The van der Waals surface area contributed by atoms with E-state index in [4.69, 9.17) is 0 Å². The second kappa shape index (κ2) is 5.74. The normalized spacial score (nSPS) is 14.2. The number of rotatable bonds is 4. The number of benzene rings is 3. The average molecular weight is 322 g/mol. The van der Waals surface area contributed by atoms with Gasteiger partial charge in [-0.2, -0.15) is 0 Å². The van der Waals surface area contributed by atoms with E-state index in [0.717, 1.165) is 6.42 Å². The SMILES string of the molecule is CCCCC1=Cc2c(cccc2-c2ccc3c4c(cccc24)C=C3)C1. The molecule has 0 atom stereocenters. The number of hydrogen-bond donors (Lipinski definition) is 0. The van der Waals surface area contributed by atoms with Gasteiger partial charge in [-0.05, 0) is 63.4 Å². The fourth-order valence-corrected chi connectivity index (χ4v) is 4.39. The van der Waals surface area contributed by atoms with Crippen molar-refractivity contribution in [3.05, 3.63) is 76.4 Å². The largest absolute Gasteiger partial charge is 0.0654 e. The van der Waals surface area contributed by atoms with Crippen LogP contribution in [-0.4, -0.2) is 0 Å². The van der Waals surface area contributed by atoms with Gasteiger partial charge < -0.3 is 0 Å². The van der Waals surface area contributed by atoms with Gasteiger partial charge in [-0.15, -0.1) is 0 Å². The maximum Gasteiger partial charge on any atom is -0.00326 e. The van der Waals surface area contributed by atoms with Crippen LogP contribution in [0, 0.1) is 0 Å². The summed E-state index contributed by atoms with van der Waals surface area (Å²) in [6, 6.07) is 18.1. The van der Waals surface area contributed by atoms with Gasteiger partial charge in [-0.3, -0.25) is 0 Å². The van der Waals surface area contributed by atoms with Crippen LogP contribution in [0.15, 0.2) is 54.1 Å². The molecular formula is C25H22. The lowest BCUT2D eigenvalue weighted by molar-refractivity contribution is 0.779. The lowest BCUT2D eigenvalue weighted by Crippen LogP contribution is -1.90. The van der Waals surface area contributed by atoms with Gasteiger partial charge in [0.2, 0.25) is 0 Å². The molecule has 2 aliphatic carbocycles. The Morgan fingerprint density at radius 1 is 0.840 bits per heavy atom. The van der Waals surface area contributed by atoms with Crippen LogP contribution < -0.4 is 0 Å². The van der Waals surface area contributed by atoms with E-state index in [-0.39, 0.29) is 0 Å². The highest BCUT2D eigenvalue weighted by atomic mass is 14.2. The standard InChI is InChI=1S/C25H22/c1-2-3-6-17-15-20-8-5-9-21(24(20)16-17)22-14-13-19-12-11-18-7-4-10-23(22)25(18)19/h4-5,7-14,16H,2-3,6,15H2,1H3. The Morgan fingerprint density at radius 2 is 1.68 bits per heavy atom. The second-order valence-corrected chi connectivity index (χ2v) is 7.27. The zero-order chi connectivity index (χ0) is 16.8. The van der Waals surface area contributed by atoms with Crippen molar-refractivity contribution in [2.75, 3.05) is 0 Å². The summed E-state index contributed by atoms with van der Waals surface area (Å²) in [5, 5.41) is 2.79. The van der Waals surface area contributed by atoms with Gasteiger partial charge in [-0.25, -0.2) is 0 Å². The molecule has 0 aromatic heterocycles. The number of hydrogen-bond acceptors (Lipinski definition) is 0. The minimum atomic E-state index is 1.13. The summed E-state index contributed by atoms with van der Waals surface area (Å²) in [6.07, 6.45) is 11.9. The van der Waals surface area contributed by atoms with Crippen molar-refractivity contribution < 1.29 is 0 Å². The summed E-state index contributed by atoms with van der Waals surface area (Å²) >= 11 is 0. The van der Waals surface area contributed by atoms with E-state index in [0.29, 0.717) is 0 Å². The quantitative estimate of drug-likeness (QED) is 0.375. The van der Waals surface area contributed by atoms with Crippen LogP contribution in [0.2, 0.25) is 0 Å². The Balaban J connectivity index is 1.69. The summed E-state index contributed by atoms with van der Waals surface area (Å²) in [7, 11) is 0. The third-order valence-electron chi connectivity index (χ3n) is 5.65. The fraction of sp³-hybridized carbons (Fsp3) is 0.200. The van der Waals surface area contributed by atoms with Crippen LogP contribution >= 0.6 is 0 Å². The summed E-state index contributed by atoms with van der Waals surface area (Å²) in [6.45, 7) is 2.27. The summed E-state index contributed by atoms with van der Waals surface area (Å²) in [5.74, 6) is 0. The van der Waals surface area contributed by atoms with Gasteiger partial charge in [0.1, 0.15) is 0 Å². The first-order valence-electron chi connectivity index (χ1n) is 9.40. The van der Waals surface area contributed by atoms with E-state index in [1.807, 2.05) is 0 Å². The number of allylic oxidation sites excluding steroid dienone is 1. The fourth-order valence-electron chi connectivity index (χ4n) is 4.39. The molecule has 0 radical (unpaired) electrons. The zero-order valence-electron chi connectivity index (χ0n) is 14.7. The van der Waals surface area contributed by atoms with Gasteiger partial charge in [0.25, 0.3) is 0 Å². The van der Waals surface area contributed by atoms with E-state index in [2.05, 4.69) is 73.7 Å². The van der Waals surface area contributed by atoms with Crippen molar-refractivity contribution in [1.82, 2.24) is 0 Å². The summed E-state index contributed by atoms with van der Waals surface area (Å²) < 4.78 is 0. The van der Waals surface area contributed by atoms with Crippen molar-refractivity contribution in [3.8, 4) is 11.1 Å². The lowest BCUT2D eigenvalue weighted by atomic mass is 9.91. The van der Waals surface area contributed by atoms with Gasteiger partial charge in [-0.1, -0.05) is 85.7 Å². The molecule has 0 heteroatoms. The average Bonchev–Trinajstić information content (AvgIpc) is 3.25. The van der Waals surface area contributed by atoms with Crippen LogP contribution in [0.25, 0.3) is 40.1 Å². The molecule has 3 aromatic carbocycles. The van der Waals surface area contributed by atoms with Crippen LogP contribution in [0.1, 0.15) is 48.4 Å². The van der Waals surface area contributed by atoms with Crippen molar-refractivity contribution in [2.24, 2.45) is 0 Å². The third kappa shape index (κ3) is 2.28. The predicted octanol–water partition coefficient (Wildman–Crippen LogP) is 7.12. The monoisotopic (exact) mass is 322 g/mol. The van der Waals surface area contributed by atoms with E-state index in [1.54, 1.807) is 5.57 Å². The number of unbranched alkanes of at least 4 members (excludes halogenated alkanes) is 1. The topological polar surface area (TPSA) is 0 Å². The maximum atomic E-state index is 2.46. The molecule has 0 saturated carbocycles. The Kier molecular flexibility index (Phi) is 3.38. The van der Waals surface area contributed by atoms with Crippen LogP contribution in [-0.2, 0) is 6.42 Å². The molecular weight excluding hydrogens is 300 g/mol. The molecule has 122 valence electrons. The molecule has 2 aliphatic rings. The molecule has 0 N–H and O–H groups in total. The molecule has 25 heavy (non-hydrogen) atoms. The molecule has 0 spiro atoms. The first kappa shape index (κ1) is 14.7. The number of fused-ring (bicyclic) bond motifs is 1. The van der Waals surface area contributed by atoms with E-state index in [9.17, 15) is 0 Å². The molecule has 0 saturated heterocycles. The molecule has 0 aliphatic heterocycles. The second-order valence-electron chi connectivity index (χ2n) is 7.27. The Hall–Kier alpha value is -2.60. The van der Waals surface area contributed by atoms with E-state index >= 15 is 0 Å². The Bertz CT molecular complexity index is 1030. The highest BCUT2D eigenvalue weighted by molar-refractivity contribution is 6.10. The molecule has 3 aromatic rings. The first-order chi connectivity index (χ1) is 12.3. The minimum Gasteiger partial charge on any atom is -0.0654 e. The van der Waals surface area contributed by atoms with Crippen molar-refractivity contribution in [2.45, 2.75) is 32.6 Å². The van der Waals surface area contributed by atoms with Gasteiger partial charge >= 0.3 is 0 Å². The summed E-state index contributed by atoms with van der Waals surface area (Å²) in [4.78, 5) is 0. The highest BCUT2D eigenvalue weighted by Crippen LogP contribution is 2.41. The predicted molar refractivity (Wildman–Crippen MR) is 110 cm³/mol. The van der Waals surface area contributed by atoms with Crippen LogP contribution in [0.5, 0.6) is 0 Å². The van der Waals surface area contributed by atoms with Gasteiger partial charge in [0, 0.05) is 0 Å².